The number of halogens is 3. The van der Waals surface area contributed by atoms with Crippen molar-refractivity contribution in [2.75, 3.05) is 5.73 Å². The molecule has 1 heterocycles. The van der Waals surface area contributed by atoms with Crippen LogP contribution in [0.3, 0.4) is 0 Å². The summed E-state index contributed by atoms with van der Waals surface area (Å²) < 4.78 is 44.3. The van der Waals surface area contributed by atoms with E-state index in [9.17, 15) is 8.78 Å². The van der Waals surface area contributed by atoms with E-state index in [1.807, 2.05) is 95.7 Å². The summed E-state index contributed by atoms with van der Waals surface area (Å²) in [4.78, 5) is 0. The second kappa shape index (κ2) is 10.2. The van der Waals surface area contributed by atoms with Crippen molar-refractivity contribution < 1.29 is 13.2 Å². The molecule has 2 N–H and O–H groups in total. The first-order valence-corrected chi connectivity index (χ1v) is 12.8. The molecule has 0 spiro atoms. The Morgan fingerprint density at radius 2 is 1.15 bits per heavy atom. The average Bonchev–Trinajstić information content (AvgIpc) is 3.33. The predicted octanol–water partition coefficient (Wildman–Crippen LogP) is 8.05. The molecule has 1 aromatic heterocycles. The van der Waals surface area contributed by atoms with Gasteiger partial charge in [-0.05, 0) is 46.5 Å². The van der Waals surface area contributed by atoms with E-state index < -0.39 is 23.0 Å². The minimum Gasteiger partial charge on any atom is -0.396 e. The number of fused-ring (bicyclic) bond motifs is 1. The topological polar surface area (TPSA) is 43.8 Å². The molecule has 0 bridgehead atoms. The number of aromatic nitrogens is 2. The lowest BCUT2D eigenvalue weighted by Gasteiger charge is -2.37. The molecular weight excluding hydrogens is 507 g/mol. The van der Waals surface area contributed by atoms with Crippen molar-refractivity contribution in [1.82, 2.24) is 9.78 Å². The zero-order valence-corrected chi connectivity index (χ0v) is 21.3. The van der Waals surface area contributed by atoms with Crippen LogP contribution in [0.1, 0.15) is 27.9 Å². The summed E-state index contributed by atoms with van der Waals surface area (Å²) >= 11 is 0. The van der Waals surface area contributed by atoms with Crippen LogP contribution in [0.2, 0.25) is 0 Å². The second-order valence-electron chi connectivity index (χ2n) is 9.50. The van der Waals surface area contributed by atoms with Crippen LogP contribution in [-0.2, 0) is 5.54 Å². The van der Waals surface area contributed by atoms with Crippen molar-refractivity contribution in [1.29, 1.82) is 0 Å². The summed E-state index contributed by atoms with van der Waals surface area (Å²) in [6.07, 6.45) is 3.35. The van der Waals surface area contributed by atoms with E-state index >= 15 is 4.39 Å². The van der Waals surface area contributed by atoms with Gasteiger partial charge in [-0.25, -0.2) is 17.9 Å². The fraction of sp³-hybridized carbons (Fsp3) is 0.0294. The minimum atomic E-state index is -0.987. The molecule has 0 saturated heterocycles. The summed E-state index contributed by atoms with van der Waals surface area (Å²) in [6.45, 7) is 0. The highest BCUT2D eigenvalue weighted by molar-refractivity contribution is 5.92. The van der Waals surface area contributed by atoms with Gasteiger partial charge < -0.3 is 5.73 Å². The van der Waals surface area contributed by atoms with Gasteiger partial charge in [0.25, 0.3) is 0 Å². The quantitative estimate of drug-likeness (QED) is 0.175. The van der Waals surface area contributed by atoms with Crippen molar-refractivity contribution in [2.45, 2.75) is 5.54 Å². The van der Waals surface area contributed by atoms with Gasteiger partial charge in [0.05, 0.1) is 16.9 Å². The standard InChI is InChI=1S/C34H24F3N3/c35-28-18-16-23(20-29(28)36)17-19-32-27-21-31(38)30(37)22-33(27)40(39-32)34(24-10-4-1-5-11-24,25-12-6-2-7-13-25)26-14-8-3-9-15-26/h1-22H,38H2. The van der Waals surface area contributed by atoms with Crippen LogP contribution in [0.5, 0.6) is 0 Å². The number of nitrogens with two attached hydrogens (primary N) is 1. The Hall–Kier alpha value is -5.10. The van der Waals surface area contributed by atoms with Crippen molar-refractivity contribution in [3.63, 3.8) is 0 Å². The third-order valence-corrected chi connectivity index (χ3v) is 7.10. The summed E-state index contributed by atoms with van der Waals surface area (Å²) in [6, 6.07) is 36.4. The molecule has 0 aliphatic carbocycles. The molecule has 6 heteroatoms. The van der Waals surface area contributed by atoms with Gasteiger partial charge in [0.2, 0.25) is 0 Å². The Kier molecular flexibility index (Phi) is 6.44. The maximum absolute atomic E-state index is 15.1. The number of rotatable bonds is 6. The molecule has 0 atom stereocenters. The van der Waals surface area contributed by atoms with Gasteiger partial charge >= 0.3 is 0 Å². The molecule has 0 unspecified atom stereocenters. The molecule has 0 fully saturated rings. The van der Waals surface area contributed by atoms with E-state index in [0.29, 0.717) is 22.2 Å². The smallest absolute Gasteiger partial charge is 0.159 e. The fourth-order valence-corrected chi connectivity index (χ4v) is 5.25. The van der Waals surface area contributed by atoms with Crippen molar-refractivity contribution in [2.24, 2.45) is 0 Å². The van der Waals surface area contributed by atoms with E-state index in [4.69, 9.17) is 10.8 Å². The number of nitrogens with zero attached hydrogens (tertiary/aromatic N) is 2. The summed E-state index contributed by atoms with van der Waals surface area (Å²) in [5, 5.41) is 5.68. The van der Waals surface area contributed by atoms with Crippen LogP contribution in [0.25, 0.3) is 23.1 Å². The van der Waals surface area contributed by atoms with Gasteiger partial charge in [-0.15, -0.1) is 0 Å². The van der Waals surface area contributed by atoms with Crippen LogP contribution in [0.4, 0.5) is 18.9 Å². The molecule has 0 aliphatic heterocycles. The Balaban J connectivity index is 1.70. The van der Waals surface area contributed by atoms with E-state index in [0.717, 1.165) is 28.8 Å². The van der Waals surface area contributed by atoms with Crippen LogP contribution in [0.15, 0.2) is 121 Å². The first kappa shape index (κ1) is 25.2. The van der Waals surface area contributed by atoms with E-state index in [1.54, 1.807) is 18.2 Å². The molecule has 0 saturated carbocycles. The maximum atomic E-state index is 15.1. The lowest BCUT2D eigenvalue weighted by molar-refractivity contribution is 0.474. The molecule has 5 aromatic carbocycles. The van der Waals surface area contributed by atoms with Gasteiger partial charge in [-0.3, -0.25) is 0 Å². The van der Waals surface area contributed by atoms with Gasteiger partial charge in [-0.2, -0.15) is 5.10 Å². The predicted molar refractivity (Wildman–Crippen MR) is 154 cm³/mol. The third kappa shape index (κ3) is 4.24. The number of hydrogen-bond donors (Lipinski definition) is 1. The van der Waals surface area contributed by atoms with Gasteiger partial charge in [-0.1, -0.05) is 103 Å². The van der Waals surface area contributed by atoms with Crippen molar-refractivity contribution >= 4 is 28.7 Å². The zero-order valence-electron chi connectivity index (χ0n) is 21.3. The molecular formula is C34H24F3N3. The molecule has 3 nitrogen and oxygen atoms in total. The highest BCUT2D eigenvalue weighted by Gasteiger charge is 2.40. The van der Waals surface area contributed by atoms with Crippen LogP contribution < -0.4 is 5.73 Å². The number of benzene rings is 5. The molecule has 40 heavy (non-hydrogen) atoms. The largest absolute Gasteiger partial charge is 0.396 e. The number of hydrogen-bond acceptors (Lipinski definition) is 2. The Morgan fingerprint density at radius 1 is 0.600 bits per heavy atom. The first-order chi connectivity index (χ1) is 19.5. The maximum Gasteiger partial charge on any atom is 0.159 e. The Morgan fingerprint density at radius 3 is 1.68 bits per heavy atom. The summed E-state index contributed by atoms with van der Waals surface area (Å²) in [5.74, 6) is -2.43. The Labute approximate surface area is 229 Å². The molecule has 196 valence electrons. The minimum absolute atomic E-state index is 0.0146. The van der Waals surface area contributed by atoms with Crippen molar-refractivity contribution in [3.8, 4) is 0 Å². The lowest BCUT2D eigenvalue weighted by atomic mass is 9.77. The second-order valence-corrected chi connectivity index (χ2v) is 9.50. The third-order valence-electron chi connectivity index (χ3n) is 7.10. The lowest BCUT2D eigenvalue weighted by Crippen LogP contribution is -2.38. The van der Waals surface area contributed by atoms with Crippen LogP contribution in [-0.4, -0.2) is 9.78 Å². The van der Waals surface area contributed by atoms with Gasteiger partial charge in [0.15, 0.2) is 11.6 Å². The molecule has 0 radical (unpaired) electrons. The zero-order chi connectivity index (χ0) is 27.7. The van der Waals surface area contributed by atoms with Gasteiger partial charge in [0, 0.05) is 11.5 Å². The number of nitrogen functional groups attached to an aromatic ring is 1. The fourth-order valence-electron chi connectivity index (χ4n) is 5.25. The van der Waals surface area contributed by atoms with Crippen LogP contribution in [0, 0.1) is 17.5 Å². The molecule has 0 aliphatic rings. The van der Waals surface area contributed by atoms with Crippen LogP contribution >= 0.6 is 0 Å². The first-order valence-electron chi connectivity index (χ1n) is 12.8. The van der Waals surface area contributed by atoms with E-state index in [2.05, 4.69) is 0 Å². The molecule has 0 amide bonds. The molecule has 6 rings (SSSR count). The SMILES string of the molecule is Nc1cc2c(C=Cc3ccc(F)c(F)c3)nn(C(c3ccccc3)(c3ccccc3)c3ccccc3)c2cc1F. The van der Waals surface area contributed by atoms with Gasteiger partial charge in [0.1, 0.15) is 11.4 Å². The number of anilines is 1. The highest BCUT2D eigenvalue weighted by Crippen LogP contribution is 2.43. The summed E-state index contributed by atoms with van der Waals surface area (Å²) in [7, 11) is 0. The normalized spacial score (nSPS) is 11.9. The monoisotopic (exact) mass is 531 g/mol. The van der Waals surface area contributed by atoms with Crippen molar-refractivity contribution in [3.05, 3.63) is 167 Å². The average molecular weight is 532 g/mol. The van der Waals surface area contributed by atoms with E-state index in [-0.39, 0.29) is 5.69 Å². The van der Waals surface area contributed by atoms with E-state index in [1.165, 1.54) is 12.1 Å². The summed E-state index contributed by atoms with van der Waals surface area (Å²) in [5.41, 5.74) is 9.26. The molecule has 6 aromatic rings. The Bertz CT molecular complexity index is 1730. The highest BCUT2D eigenvalue weighted by atomic mass is 19.2.